The number of methoxy groups -OCH3 is 1. The van der Waals surface area contributed by atoms with Crippen LogP contribution in [0.2, 0.25) is 0 Å². The minimum absolute atomic E-state index is 0.0278. The number of benzene rings is 2. The van der Waals surface area contributed by atoms with Gasteiger partial charge in [0.1, 0.15) is 30.3 Å². The molecule has 0 bridgehead atoms. The third-order valence-corrected chi connectivity index (χ3v) is 3.62. The summed E-state index contributed by atoms with van der Waals surface area (Å²) < 4.78 is 15.8. The van der Waals surface area contributed by atoms with Crippen molar-refractivity contribution in [3.05, 3.63) is 70.5 Å². The van der Waals surface area contributed by atoms with Crippen LogP contribution in [0.15, 0.2) is 59.5 Å². The number of pyridine rings is 1. The first-order valence-corrected chi connectivity index (χ1v) is 7.73. The van der Waals surface area contributed by atoms with Crippen molar-refractivity contribution in [2.45, 2.75) is 0 Å². The van der Waals surface area contributed by atoms with E-state index in [1.54, 1.807) is 18.2 Å². The molecule has 3 aromatic rings. The molecule has 0 amide bonds. The summed E-state index contributed by atoms with van der Waals surface area (Å²) in [5.74, 6) is 0.719. The molecule has 0 aliphatic carbocycles. The molecule has 1 aromatic heterocycles. The van der Waals surface area contributed by atoms with Crippen LogP contribution in [0.25, 0.3) is 10.9 Å². The van der Waals surface area contributed by atoms with Gasteiger partial charge in [0.15, 0.2) is 0 Å². The summed E-state index contributed by atoms with van der Waals surface area (Å²) in [7, 11) is 1.24. The molecule has 6 nitrogen and oxygen atoms in total. The van der Waals surface area contributed by atoms with Gasteiger partial charge in [0.05, 0.1) is 12.6 Å². The smallest absolute Gasteiger partial charge is 0.343 e. The fourth-order valence-electron chi connectivity index (χ4n) is 2.39. The summed E-state index contributed by atoms with van der Waals surface area (Å²) in [5, 5.41) is 0.399. The maximum Gasteiger partial charge on any atom is 0.343 e. The van der Waals surface area contributed by atoms with Gasteiger partial charge in [0.2, 0.25) is 5.43 Å². The third-order valence-electron chi connectivity index (χ3n) is 3.62. The van der Waals surface area contributed by atoms with Crippen LogP contribution in [0.5, 0.6) is 11.5 Å². The molecule has 0 saturated carbocycles. The Morgan fingerprint density at radius 3 is 2.44 bits per heavy atom. The van der Waals surface area contributed by atoms with E-state index < -0.39 is 5.97 Å². The highest BCUT2D eigenvalue weighted by atomic mass is 16.5. The number of para-hydroxylation sites is 1. The summed E-state index contributed by atoms with van der Waals surface area (Å²) in [6, 6.07) is 14.5. The third kappa shape index (κ3) is 3.80. The van der Waals surface area contributed by atoms with E-state index in [4.69, 9.17) is 9.47 Å². The molecule has 1 heterocycles. The molecule has 6 heteroatoms. The Balaban J connectivity index is 1.67. The topological polar surface area (TPSA) is 77.6 Å². The molecule has 0 radical (unpaired) electrons. The molecule has 0 saturated heterocycles. The fourth-order valence-corrected chi connectivity index (χ4v) is 2.39. The fraction of sp³-hybridized carbons (Fsp3) is 0.158. The van der Waals surface area contributed by atoms with Crippen molar-refractivity contribution in [1.29, 1.82) is 0 Å². The maximum absolute atomic E-state index is 12.3. The lowest BCUT2D eigenvalue weighted by Gasteiger charge is -2.09. The van der Waals surface area contributed by atoms with Crippen molar-refractivity contribution in [3.63, 3.8) is 0 Å². The zero-order chi connectivity index (χ0) is 17.6. The molecule has 0 aliphatic rings. The first-order valence-electron chi connectivity index (χ1n) is 7.73. The number of carbonyl (C=O) groups is 1. The van der Waals surface area contributed by atoms with E-state index in [0.29, 0.717) is 29.9 Å². The Morgan fingerprint density at radius 1 is 1.00 bits per heavy atom. The molecule has 0 aliphatic heterocycles. The molecule has 0 atom stereocenters. The number of carbonyl (C=O) groups excluding carboxylic acids is 1. The van der Waals surface area contributed by atoms with Crippen LogP contribution < -0.4 is 14.9 Å². The molecule has 1 N–H and O–H groups in total. The van der Waals surface area contributed by atoms with Crippen LogP contribution in [-0.2, 0) is 4.74 Å². The van der Waals surface area contributed by atoms with Crippen molar-refractivity contribution >= 4 is 16.9 Å². The SMILES string of the molecule is COC(=O)c1c[nH]c2cc(OCCOc3ccccc3)ccc2c1=O. The number of aromatic amines is 1. The predicted molar refractivity (Wildman–Crippen MR) is 93.3 cm³/mol. The molecule has 2 aromatic carbocycles. The van der Waals surface area contributed by atoms with E-state index >= 15 is 0 Å². The van der Waals surface area contributed by atoms with Crippen LogP contribution in [-0.4, -0.2) is 31.3 Å². The van der Waals surface area contributed by atoms with Crippen molar-refractivity contribution < 1.29 is 19.0 Å². The van der Waals surface area contributed by atoms with Gasteiger partial charge < -0.3 is 19.2 Å². The molecular weight excluding hydrogens is 322 g/mol. The molecule has 0 fully saturated rings. The maximum atomic E-state index is 12.3. The quantitative estimate of drug-likeness (QED) is 0.552. The van der Waals surface area contributed by atoms with Crippen LogP contribution in [0.4, 0.5) is 0 Å². The highest BCUT2D eigenvalue weighted by molar-refractivity contribution is 5.93. The number of hydrogen-bond donors (Lipinski definition) is 1. The second-order valence-corrected chi connectivity index (χ2v) is 5.24. The number of ether oxygens (including phenoxy) is 3. The van der Waals surface area contributed by atoms with Gasteiger partial charge in [-0.25, -0.2) is 4.79 Å². The second-order valence-electron chi connectivity index (χ2n) is 5.24. The second kappa shape index (κ2) is 7.53. The number of hydrogen-bond acceptors (Lipinski definition) is 5. The average molecular weight is 339 g/mol. The van der Waals surface area contributed by atoms with Gasteiger partial charge in [-0.3, -0.25) is 4.79 Å². The molecular formula is C19H17NO5. The lowest BCUT2D eigenvalue weighted by atomic mass is 10.1. The molecule has 0 spiro atoms. The Hall–Kier alpha value is -3.28. The largest absolute Gasteiger partial charge is 0.490 e. The van der Waals surface area contributed by atoms with Crippen LogP contribution >= 0.6 is 0 Å². The van der Waals surface area contributed by atoms with Gasteiger partial charge in [0, 0.05) is 17.6 Å². The van der Waals surface area contributed by atoms with E-state index in [2.05, 4.69) is 9.72 Å². The monoisotopic (exact) mass is 339 g/mol. The van der Waals surface area contributed by atoms with Crippen LogP contribution in [0.1, 0.15) is 10.4 Å². The van der Waals surface area contributed by atoms with Gasteiger partial charge in [0.25, 0.3) is 0 Å². The summed E-state index contributed by atoms with van der Waals surface area (Å²) in [6.45, 7) is 0.769. The van der Waals surface area contributed by atoms with Gasteiger partial charge in [-0.15, -0.1) is 0 Å². The van der Waals surface area contributed by atoms with E-state index in [0.717, 1.165) is 5.75 Å². The van der Waals surface area contributed by atoms with Crippen LogP contribution in [0, 0.1) is 0 Å². The van der Waals surface area contributed by atoms with E-state index in [1.165, 1.54) is 13.3 Å². The molecule has 25 heavy (non-hydrogen) atoms. The van der Waals surface area contributed by atoms with Crippen molar-refractivity contribution in [1.82, 2.24) is 4.98 Å². The summed E-state index contributed by atoms with van der Waals surface area (Å²) in [6.07, 6.45) is 1.35. The Morgan fingerprint density at radius 2 is 1.72 bits per heavy atom. The highest BCUT2D eigenvalue weighted by Gasteiger charge is 2.13. The van der Waals surface area contributed by atoms with Crippen LogP contribution in [0.3, 0.4) is 0 Å². The molecule has 128 valence electrons. The number of esters is 1. The average Bonchev–Trinajstić information content (AvgIpc) is 2.66. The predicted octanol–water partition coefficient (Wildman–Crippen LogP) is 2.77. The molecule has 0 unspecified atom stereocenters. The zero-order valence-electron chi connectivity index (χ0n) is 13.7. The van der Waals surface area contributed by atoms with E-state index in [1.807, 2.05) is 30.3 Å². The standard InChI is InChI=1S/C19H17NO5/c1-23-19(22)16-12-20-17-11-14(7-8-15(17)18(16)21)25-10-9-24-13-5-3-2-4-6-13/h2-8,11-12H,9-10H2,1H3,(H,20,21). The first kappa shape index (κ1) is 16.6. The number of H-pyrrole nitrogens is 1. The highest BCUT2D eigenvalue weighted by Crippen LogP contribution is 2.17. The Bertz CT molecular complexity index is 933. The van der Waals surface area contributed by atoms with E-state index in [9.17, 15) is 9.59 Å². The number of nitrogens with one attached hydrogen (secondary N) is 1. The number of fused-ring (bicyclic) bond motifs is 1. The Kier molecular flexibility index (Phi) is 4.99. The van der Waals surface area contributed by atoms with Crippen molar-refractivity contribution in [3.8, 4) is 11.5 Å². The lowest BCUT2D eigenvalue weighted by molar-refractivity contribution is 0.0599. The van der Waals surface area contributed by atoms with Gasteiger partial charge in [-0.05, 0) is 24.3 Å². The number of rotatable bonds is 6. The van der Waals surface area contributed by atoms with Gasteiger partial charge in [-0.1, -0.05) is 18.2 Å². The Labute approximate surface area is 144 Å². The summed E-state index contributed by atoms with van der Waals surface area (Å²) >= 11 is 0. The van der Waals surface area contributed by atoms with Gasteiger partial charge >= 0.3 is 5.97 Å². The summed E-state index contributed by atoms with van der Waals surface area (Å²) in [5.41, 5.74) is 0.179. The van der Waals surface area contributed by atoms with Crippen molar-refractivity contribution in [2.24, 2.45) is 0 Å². The minimum atomic E-state index is -0.665. The minimum Gasteiger partial charge on any atom is -0.490 e. The van der Waals surface area contributed by atoms with E-state index in [-0.39, 0.29) is 11.0 Å². The first-order chi connectivity index (χ1) is 12.2. The molecule has 3 rings (SSSR count). The zero-order valence-corrected chi connectivity index (χ0v) is 13.7. The normalized spacial score (nSPS) is 10.4. The summed E-state index contributed by atoms with van der Waals surface area (Å²) in [4.78, 5) is 26.8. The number of aromatic nitrogens is 1. The lowest BCUT2D eigenvalue weighted by Crippen LogP contribution is -2.17. The van der Waals surface area contributed by atoms with Gasteiger partial charge in [-0.2, -0.15) is 0 Å². The van der Waals surface area contributed by atoms with Crippen molar-refractivity contribution in [2.75, 3.05) is 20.3 Å².